The van der Waals surface area contributed by atoms with Crippen LogP contribution in [0.1, 0.15) is 17.6 Å². The highest BCUT2D eigenvalue weighted by molar-refractivity contribution is 7.09. The lowest BCUT2D eigenvalue weighted by Gasteiger charge is -2.05. The number of hydrogen-bond acceptors (Lipinski definition) is 4. The van der Waals surface area contributed by atoms with Gasteiger partial charge in [-0.25, -0.2) is 4.98 Å². The van der Waals surface area contributed by atoms with Crippen LogP contribution < -0.4 is 5.32 Å². The number of rotatable bonds is 4. The monoisotopic (exact) mass is 240 g/mol. The first-order valence-electron chi connectivity index (χ1n) is 4.62. The smallest absolute Gasteiger partial charge is 0.325 e. The summed E-state index contributed by atoms with van der Waals surface area (Å²) in [5.41, 5.74) is 0.695. The van der Waals surface area contributed by atoms with Gasteiger partial charge in [-0.15, -0.1) is 11.3 Å². The SMILES string of the molecule is Cc1nc(C=CC(=O)N[C@H](C)C(=O)O)cs1. The van der Waals surface area contributed by atoms with Crippen LogP contribution in [0.15, 0.2) is 11.5 Å². The molecule has 0 unspecified atom stereocenters. The van der Waals surface area contributed by atoms with Crippen molar-refractivity contribution >= 4 is 29.3 Å². The molecule has 1 atom stereocenters. The molecule has 0 aliphatic heterocycles. The molecule has 0 fully saturated rings. The molecule has 1 aromatic rings. The third kappa shape index (κ3) is 3.82. The molecule has 0 aliphatic carbocycles. The molecule has 0 saturated heterocycles. The van der Waals surface area contributed by atoms with Gasteiger partial charge in [0.1, 0.15) is 6.04 Å². The zero-order valence-corrected chi connectivity index (χ0v) is 9.75. The van der Waals surface area contributed by atoms with Crippen molar-refractivity contribution < 1.29 is 14.7 Å². The van der Waals surface area contributed by atoms with Crippen molar-refractivity contribution in [1.82, 2.24) is 10.3 Å². The molecule has 0 radical (unpaired) electrons. The molecule has 16 heavy (non-hydrogen) atoms. The fraction of sp³-hybridized carbons (Fsp3) is 0.300. The van der Waals surface area contributed by atoms with Crippen molar-refractivity contribution in [2.75, 3.05) is 0 Å². The van der Waals surface area contributed by atoms with Gasteiger partial charge in [-0.05, 0) is 19.9 Å². The lowest BCUT2D eigenvalue weighted by Crippen LogP contribution is -2.37. The Kier molecular flexibility index (Phi) is 4.19. The van der Waals surface area contributed by atoms with Gasteiger partial charge in [0, 0.05) is 11.5 Å². The van der Waals surface area contributed by atoms with Crippen LogP contribution in [-0.4, -0.2) is 28.0 Å². The predicted molar refractivity (Wildman–Crippen MR) is 61.1 cm³/mol. The Labute approximate surface area is 96.8 Å². The minimum atomic E-state index is -1.06. The van der Waals surface area contributed by atoms with Crippen molar-refractivity contribution in [1.29, 1.82) is 0 Å². The van der Waals surface area contributed by atoms with Crippen LogP contribution in [0.2, 0.25) is 0 Å². The number of carboxylic acid groups (broad SMARTS) is 1. The van der Waals surface area contributed by atoms with Crippen LogP contribution >= 0.6 is 11.3 Å². The normalized spacial score (nSPS) is 12.6. The summed E-state index contributed by atoms with van der Waals surface area (Å²) in [5, 5.41) is 13.6. The lowest BCUT2D eigenvalue weighted by atomic mass is 10.3. The second-order valence-corrected chi connectivity index (χ2v) is 4.26. The Morgan fingerprint density at radius 3 is 2.81 bits per heavy atom. The van der Waals surface area contributed by atoms with E-state index < -0.39 is 17.9 Å². The number of amides is 1. The minimum absolute atomic E-state index is 0.444. The van der Waals surface area contributed by atoms with E-state index >= 15 is 0 Å². The van der Waals surface area contributed by atoms with Gasteiger partial charge in [-0.1, -0.05) is 0 Å². The van der Waals surface area contributed by atoms with Crippen LogP contribution in [0.5, 0.6) is 0 Å². The van der Waals surface area contributed by atoms with E-state index in [1.807, 2.05) is 12.3 Å². The number of nitrogens with zero attached hydrogens (tertiary/aromatic N) is 1. The van der Waals surface area contributed by atoms with Crippen LogP contribution in [0.3, 0.4) is 0 Å². The first kappa shape index (κ1) is 12.4. The van der Waals surface area contributed by atoms with Gasteiger partial charge in [0.05, 0.1) is 10.7 Å². The van der Waals surface area contributed by atoms with Gasteiger partial charge in [0.2, 0.25) is 5.91 Å². The molecule has 2 N–H and O–H groups in total. The molecule has 1 heterocycles. The second-order valence-electron chi connectivity index (χ2n) is 3.19. The highest BCUT2D eigenvalue weighted by Crippen LogP contribution is 2.08. The Balaban J connectivity index is 2.51. The van der Waals surface area contributed by atoms with E-state index in [0.29, 0.717) is 5.69 Å². The van der Waals surface area contributed by atoms with Crippen LogP contribution in [0.4, 0.5) is 0 Å². The fourth-order valence-corrected chi connectivity index (χ4v) is 1.52. The quantitative estimate of drug-likeness (QED) is 0.771. The molecule has 86 valence electrons. The number of hydrogen-bond donors (Lipinski definition) is 2. The molecule has 0 spiro atoms. The van der Waals surface area contributed by atoms with Gasteiger partial charge < -0.3 is 10.4 Å². The van der Waals surface area contributed by atoms with Gasteiger partial charge >= 0.3 is 5.97 Å². The maximum absolute atomic E-state index is 11.3. The van der Waals surface area contributed by atoms with Crippen molar-refractivity contribution in [2.45, 2.75) is 19.9 Å². The van der Waals surface area contributed by atoms with Gasteiger partial charge in [-0.2, -0.15) is 0 Å². The number of carboxylic acids is 1. The van der Waals surface area contributed by atoms with E-state index in [-0.39, 0.29) is 0 Å². The molecule has 6 heteroatoms. The van der Waals surface area contributed by atoms with Crippen LogP contribution in [0.25, 0.3) is 6.08 Å². The molecule has 5 nitrogen and oxygen atoms in total. The number of aryl methyl sites for hydroxylation is 1. The zero-order valence-electron chi connectivity index (χ0n) is 8.93. The average molecular weight is 240 g/mol. The number of aromatic nitrogens is 1. The third-order valence-electron chi connectivity index (χ3n) is 1.77. The van der Waals surface area contributed by atoms with Gasteiger partial charge in [-0.3, -0.25) is 9.59 Å². The molecule has 1 aromatic heterocycles. The topological polar surface area (TPSA) is 79.3 Å². The Hall–Kier alpha value is -1.69. The Morgan fingerprint density at radius 2 is 2.31 bits per heavy atom. The number of carbonyl (C=O) groups excluding carboxylic acids is 1. The third-order valence-corrected chi connectivity index (χ3v) is 2.56. The summed E-state index contributed by atoms with van der Waals surface area (Å²) in [6, 6.07) is -0.894. The fourth-order valence-electron chi connectivity index (χ4n) is 0.941. The van der Waals surface area contributed by atoms with Crippen LogP contribution in [0, 0.1) is 6.92 Å². The summed E-state index contributed by atoms with van der Waals surface area (Å²) in [7, 11) is 0. The van der Waals surface area contributed by atoms with Gasteiger partial charge in [0.25, 0.3) is 0 Å². The molecular formula is C10H12N2O3S. The summed E-state index contributed by atoms with van der Waals surface area (Å²) in [5.74, 6) is -1.51. The number of carbonyl (C=O) groups is 2. The highest BCUT2D eigenvalue weighted by atomic mass is 32.1. The number of nitrogens with one attached hydrogen (secondary N) is 1. The Bertz CT molecular complexity index is 425. The summed E-state index contributed by atoms with van der Waals surface area (Å²) < 4.78 is 0. The molecule has 0 saturated carbocycles. The summed E-state index contributed by atoms with van der Waals surface area (Å²) in [4.78, 5) is 25.8. The van der Waals surface area contributed by atoms with Gasteiger partial charge in [0.15, 0.2) is 0 Å². The summed E-state index contributed by atoms with van der Waals surface area (Å²) in [6.07, 6.45) is 2.82. The molecule has 0 aromatic carbocycles. The maximum Gasteiger partial charge on any atom is 0.325 e. The second kappa shape index (κ2) is 5.41. The Morgan fingerprint density at radius 1 is 1.62 bits per heavy atom. The predicted octanol–water partition coefficient (Wildman–Crippen LogP) is 1.05. The zero-order chi connectivity index (χ0) is 12.1. The first-order chi connectivity index (χ1) is 7.49. The average Bonchev–Trinajstić information content (AvgIpc) is 2.61. The van der Waals surface area contributed by atoms with Crippen molar-refractivity contribution in [3.8, 4) is 0 Å². The van der Waals surface area contributed by atoms with Crippen molar-refractivity contribution in [3.05, 3.63) is 22.2 Å². The molecule has 0 aliphatic rings. The highest BCUT2D eigenvalue weighted by Gasteiger charge is 2.11. The van der Waals surface area contributed by atoms with Crippen molar-refractivity contribution in [2.24, 2.45) is 0 Å². The summed E-state index contributed by atoms with van der Waals surface area (Å²) in [6.45, 7) is 3.27. The van der Waals surface area contributed by atoms with Crippen LogP contribution in [-0.2, 0) is 9.59 Å². The van der Waals surface area contributed by atoms with E-state index in [4.69, 9.17) is 5.11 Å². The first-order valence-corrected chi connectivity index (χ1v) is 5.50. The number of thiazole rings is 1. The van der Waals surface area contributed by atoms with E-state index in [9.17, 15) is 9.59 Å². The van der Waals surface area contributed by atoms with E-state index in [2.05, 4.69) is 10.3 Å². The number of aliphatic carboxylic acids is 1. The maximum atomic E-state index is 11.3. The van der Waals surface area contributed by atoms with E-state index in [0.717, 1.165) is 5.01 Å². The molecule has 1 rings (SSSR count). The molecule has 1 amide bonds. The minimum Gasteiger partial charge on any atom is -0.480 e. The molecule has 0 bridgehead atoms. The summed E-state index contributed by atoms with van der Waals surface area (Å²) >= 11 is 1.49. The van der Waals surface area contributed by atoms with Crippen molar-refractivity contribution in [3.63, 3.8) is 0 Å². The standard InChI is InChI=1S/C10H12N2O3S/c1-6(10(14)15)11-9(13)4-3-8-5-16-7(2)12-8/h3-6H,1-2H3,(H,11,13)(H,14,15)/t6-/m1/s1. The lowest BCUT2D eigenvalue weighted by molar-refractivity contribution is -0.140. The van der Waals surface area contributed by atoms with E-state index in [1.54, 1.807) is 6.08 Å². The van der Waals surface area contributed by atoms with E-state index in [1.165, 1.54) is 24.3 Å². The largest absolute Gasteiger partial charge is 0.480 e. The molecular weight excluding hydrogens is 228 g/mol.